The second-order valence-electron chi connectivity index (χ2n) is 6.36. The number of para-hydroxylation sites is 1. The van der Waals surface area contributed by atoms with Crippen LogP contribution in [0, 0.1) is 6.92 Å². The number of nitrogens with zero attached hydrogens (tertiary/aromatic N) is 3. The summed E-state index contributed by atoms with van der Waals surface area (Å²) in [5.41, 5.74) is 2.93. The molecule has 1 N–H and O–H groups in total. The Hall–Kier alpha value is -3.19. The molecule has 0 saturated heterocycles. The van der Waals surface area contributed by atoms with Gasteiger partial charge in [0.25, 0.3) is 10.0 Å². The van der Waals surface area contributed by atoms with Crippen molar-refractivity contribution in [2.45, 2.75) is 18.4 Å². The Balaban J connectivity index is 1.61. The third kappa shape index (κ3) is 3.68. The number of aryl methyl sites for hydroxylation is 1. The smallest absolute Gasteiger partial charge is 0.264 e. The second kappa shape index (κ2) is 6.85. The molecule has 4 aromatic rings. The number of nitrogens with one attached hydrogen (secondary N) is 1. The molecule has 0 radical (unpaired) electrons. The van der Waals surface area contributed by atoms with Crippen molar-refractivity contribution in [3.05, 3.63) is 84.3 Å². The molecule has 2 aromatic heterocycles. The summed E-state index contributed by atoms with van der Waals surface area (Å²) in [6.45, 7) is 2.49. The summed E-state index contributed by atoms with van der Waals surface area (Å²) in [5.74, 6) is 0. The van der Waals surface area contributed by atoms with E-state index in [1.54, 1.807) is 29.2 Å². The van der Waals surface area contributed by atoms with Crippen LogP contribution >= 0.6 is 0 Å². The summed E-state index contributed by atoms with van der Waals surface area (Å²) in [7, 11) is -3.78. The standard InChI is InChI=1S/C20H18N4O2S/c1-15-10-17-8-5-9-19(20(17)21-11-15)27(25,26)23-18-12-22-24(14-18)13-16-6-3-2-4-7-16/h2-12,14,23H,13H2,1H3. The first-order valence-corrected chi connectivity index (χ1v) is 9.94. The molecular formula is C20H18N4O2S. The van der Waals surface area contributed by atoms with E-state index < -0.39 is 10.0 Å². The topological polar surface area (TPSA) is 76.9 Å². The maximum absolute atomic E-state index is 12.9. The van der Waals surface area contributed by atoms with Gasteiger partial charge in [0.15, 0.2) is 0 Å². The highest BCUT2D eigenvalue weighted by Gasteiger charge is 2.19. The SMILES string of the molecule is Cc1cnc2c(S(=O)(=O)Nc3cnn(Cc4ccccc4)c3)cccc2c1. The summed E-state index contributed by atoms with van der Waals surface area (Å²) in [6, 6.07) is 16.9. The van der Waals surface area contributed by atoms with Crippen LogP contribution < -0.4 is 4.72 Å². The van der Waals surface area contributed by atoms with Crippen LogP contribution in [0.4, 0.5) is 5.69 Å². The molecular weight excluding hydrogens is 360 g/mol. The Morgan fingerprint density at radius 2 is 1.85 bits per heavy atom. The molecule has 0 saturated carbocycles. The molecule has 2 heterocycles. The van der Waals surface area contributed by atoms with E-state index in [0.29, 0.717) is 17.7 Å². The lowest BCUT2D eigenvalue weighted by Gasteiger charge is -2.09. The lowest BCUT2D eigenvalue weighted by atomic mass is 10.2. The van der Waals surface area contributed by atoms with Crippen molar-refractivity contribution in [2.24, 2.45) is 0 Å². The fourth-order valence-corrected chi connectivity index (χ4v) is 4.15. The van der Waals surface area contributed by atoms with Gasteiger partial charge in [-0.05, 0) is 30.2 Å². The van der Waals surface area contributed by atoms with Crippen molar-refractivity contribution < 1.29 is 8.42 Å². The molecule has 0 atom stereocenters. The summed E-state index contributed by atoms with van der Waals surface area (Å²) in [4.78, 5) is 4.46. The molecule has 4 rings (SSSR count). The van der Waals surface area contributed by atoms with Crippen LogP contribution in [0.15, 0.2) is 78.1 Å². The molecule has 0 bridgehead atoms. The molecule has 27 heavy (non-hydrogen) atoms. The zero-order valence-corrected chi connectivity index (χ0v) is 15.5. The van der Waals surface area contributed by atoms with Gasteiger partial charge in [-0.1, -0.05) is 42.5 Å². The monoisotopic (exact) mass is 378 g/mol. The summed E-state index contributed by atoms with van der Waals surface area (Å²) in [5, 5.41) is 5.03. The third-order valence-electron chi connectivity index (χ3n) is 4.17. The predicted octanol–water partition coefficient (Wildman–Crippen LogP) is 3.59. The Morgan fingerprint density at radius 1 is 1.04 bits per heavy atom. The molecule has 0 aliphatic rings. The minimum Gasteiger partial charge on any atom is -0.276 e. The largest absolute Gasteiger partial charge is 0.276 e. The Morgan fingerprint density at radius 3 is 2.67 bits per heavy atom. The molecule has 0 aliphatic carbocycles. The summed E-state index contributed by atoms with van der Waals surface area (Å²) >= 11 is 0. The Kier molecular flexibility index (Phi) is 4.37. The van der Waals surface area contributed by atoms with E-state index in [2.05, 4.69) is 14.8 Å². The molecule has 0 fully saturated rings. The second-order valence-corrected chi connectivity index (χ2v) is 8.01. The molecule has 7 heteroatoms. The molecule has 0 spiro atoms. The van der Waals surface area contributed by atoms with E-state index in [1.165, 1.54) is 6.20 Å². The first kappa shape index (κ1) is 17.2. The van der Waals surface area contributed by atoms with Crippen molar-refractivity contribution >= 4 is 26.6 Å². The van der Waals surface area contributed by atoms with Gasteiger partial charge < -0.3 is 0 Å². The number of rotatable bonds is 5. The quantitative estimate of drug-likeness (QED) is 0.576. The van der Waals surface area contributed by atoms with Crippen molar-refractivity contribution in [1.82, 2.24) is 14.8 Å². The van der Waals surface area contributed by atoms with Gasteiger partial charge >= 0.3 is 0 Å². The molecule has 2 aromatic carbocycles. The normalized spacial score (nSPS) is 11.6. The minimum atomic E-state index is -3.78. The third-order valence-corrected chi connectivity index (χ3v) is 5.59. The summed E-state index contributed by atoms with van der Waals surface area (Å²) < 4.78 is 30.0. The first-order chi connectivity index (χ1) is 13.0. The van der Waals surface area contributed by atoms with Gasteiger partial charge in [0.05, 0.1) is 23.9 Å². The van der Waals surface area contributed by atoms with Crippen LogP contribution in [0.1, 0.15) is 11.1 Å². The fraction of sp³-hybridized carbons (Fsp3) is 0.100. The number of benzene rings is 2. The number of sulfonamides is 1. The van der Waals surface area contributed by atoms with Gasteiger partial charge in [-0.15, -0.1) is 0 Å². The Labute approximate surface area is 157 Å². The lowest BCUT2D eigenvalue weighted by Crippen LogP contribution is -2.13. The number of aromatic nitrogens is 3. The molecule has 0 unspecified atom stereocenters. The number of anilines is 1. The van der Waals surface area contributed by atoms with Crippen LogP contribution in [-0.4, -0.2) is 23.2 Å². The van der Waals surface area contributed by atoms with Crippen molar-refractivity contribution in [3.63, 3.8) is 0 Å². The predicted molar refractivity (Wildman–Crippen MR) is 105 cm³/mol. The van der Waals surface area contributed by atoms with E-state index in [0.717, 1.165) is 16.5 Å². The van der Waals surface area contributed by atoms with Crippen molar-refractivity contribution in [3.8, 4) is 0 Å². The lowest BCUT2D eigenvalue weighted by molar-refractivity contribution is 0.602. The summed E-state index contributed by atoms with van der Waals surface area (Å²) in [6.07, 6.45) is 4.84. The average molecular weight is 378 g/mol. The van der Waals surface area contributed by atoms with E-state index in [-0.39, 0.29) is 4.90 Å². The van der Waals surface area contributed by atoms with Crippen molar-refractivity contribution in [2.75, 3.05) is 4.72 Å². The fourth-order valence-electron chi connectivity index (χ4n) is 2.94. The highest BCUT2D eigenvalue weighted by Crippen LogP contribution is 2.24. The van der Waals surface area contributed by atoms with E-state index in [4.69, 9.17) is 0 Å². The zero-order chi connectivity index (χ0) is 18.9. The highest BCUT2D eigenvalue weighted by molar-refractivity contribution is 7.93. The van der Waals surface area contributed by atoms with Crippen LogP contribution in [0.5, 0.6) is 0 Å². The van der Waals surface area contributed by atoms with Crippen LogP contribution in [0.3, 0.4) is 0 Å². The Bertz CT molecular complexity index is 1200. The van der Waals surface area contributed by atoms with Crippen LogP contribution in [-0.2, 0) is 16.6 Å². The zero-order valence-electron chi connectivity index (χ0n) is 14.7. The van der Waals surface area contributed by atoms with Crippen LogP contribution in [0.25, 0.3) is 10.9 Å². The number of pyridine rings is 1. The minimum absolute atomic E-state index is 0.149. The number of fused-ring (bicyclic) bond motifs is 1. The van der Waals surface area contributed by atoms with Gasteiger partial charge in [-0.3, -0.25) is 14.4 Å². The van der Waals surface area contributed by atoms with Gasteiger partial charge in [-0.2, -0.15) is 5.10 Å². The molecule has 6 nitrogen and oxygen atoms in total. The average Bonchev–Trinajstić information content (AvgIpc) is 3.07. The van der Waals surface area contributed by atoms with Crippen molar-refractivity contribution in [1.29, 1.82) is 0 Å². The van der Waals surface area contributed by atoms with E-state index >= 15 is 0 Å². The van der Waals surface area contributed by atoms with Gasteiger partial charge in [0.2, 0.25) is 0 Å². The molecule has 0 aliphatic heterocycles. The van der Waals surface area contributed by atoms with Crippen LogP contribution in [0.2, 0.25) is 0 Å². The van der Waals surface area contributed by atoms with E-state index in [1.807, 2.05) is 49.4 Å². The molecule has 0 amide bonds. The first-order valence-electron chi connectivity index (χ1n) is 8.46. The number of hydrogen-bond donors (Lipinski definition) is 1. The van der Waals surface area contributed by atoms with Gasteiger partial charge in [-0.25, -0.2) is 8.42 Å². The van der Waals surface area contributed by atoms with Gasteiger partial charge in [0, 0.05) is 17.8 Å². The van der Waals surface area contributed by atoms with E-state index in [9.17, 15) is 8.42 Å². The number of hydrogen-bond acceptors (Lipinski definition) is 4. The van der Waals surface area contributed by atoms with Gasteiger partial charge in [0.1, 0.15) is 4.90 Å². The molecule has 136 valence electrons. The maximum Gasteiger partial charge on any atom is 0.264 e. The highest BCUT2D eigenvalue weighted by atomic mass is 32.2. The maximum atomic E-state index is 12.9.